The number of hydrogen-bond donors (Lipinski definition) is 2. The molecule has 2 saturated heterocycles. The fourth-order valence-electron chi connectivity index (χ4n) is 3.66. The van der Waals surface area contributed by atoms with Crippen molar-refractivity contribution in [2.75, 3.05) is 19.6 Å². The first-order chi connectivity index (χ1) is 11.5. The van der Waals surface area contributed by atoms with Gasteiger partial charge in [-0.3, -0.25) is 9.59 Å². The predicted molar refractivity (Wildman–Crippen MR) is 98.1 cm³/mol. The van der Waals surface area contributed by atoms with E-state index in [-0.39, 0.29) is 30.3 Å². The van der Waals surface area contributed by atoms with E-state index in [1.807, 2.05) is 11.8 Å². The van der Waals surface area contributed by atoms with Crippen LogP contribution in [0.1, 0.15) is 54.0 Å². The van der Waals surface area contributed by atoms with E-state index < -0.39 is 0 Å². The van der Waals surface area contributed by atoms with Gasteiger partial charge in [0.15, 0.2) is 0 Å². The molecular formula is C18H28ClN3O3. The first kappa shape index (κ1) is 19.8. The molecule has 0 radical (unpaired) electrons. The Bertz CT molecular complexity index is 603. The number of carbonyl (C=O) groups excluding carboxylic acids is 2. The van der Waals surface area contributed by atoms with E-state index in [1.165, 1.54) is 6.42 Å². The molecule has 3 rings (SSSR count). The molecule has 1 aromatic rings. The van der Waals surface area contributed by atoms with Crippen LogP contribution in [0.5, 0.6) is 0 Å². The molecule has 7 heteroatoms. The quantitative estimate of drug-likeness (QED) is 0.853. The molecule has 0 aromatic carbocycles. The highest BCUT2D eigenvalue weighted by atomic mass is 35.5. The predicted octanol–water partition coefficient (Wildman–Crippen LogP) is 2.18. The van der Waals surface area contributed by atoms with Crippen molar-refractivity contribution in [3.63, 3.8) is 0 Å². The third-order valence-corrected chi connectivity index (χ3v) is 5.05. The van der Waals surface area contributed by atoms with Crippen molar-refractivity contribution >= 4 is 24.2 Å². The topological polar surface area (TPSA) is 74.6 Å². The largest absolute Gasteiger partial charge is 0.466 e. The molecule has 2 fully saturated rings. The summed E-state index contributed by atoms with van der Waals surface area (Å²) in [5, 5.41) is 6.45. The minimum atomic E-state index is -0.0794. The fraction of sp³-hybridized carbons (Fsp3) is 0.667. The number of nitrogens with zero attached hydrogens (tertiary/aromatic N) is 1. The Morgan fingerprint density at radius 2 is 2.00 bits per heavy atom. The van der Waals surface area contributed by atoms with E-state index in [2.05, 4.69) is 10.6 Å². The number of carbonyl (C=O) groups is 2. The highest BCUT2D eigenvalue weighted by Gasteiger charge is 2.27. The van der Waals surface area contributed by atoms with Crippen molar-refractivity contribution < 1.29 is 14.0 Å². The fourth-order valence-corrected chi connectivity index (χ4v) is 3.66. The van der Waals surface area contributed by atoms with Gasteiger partial charge in [0.2, 0.25) is 5.91 Å². The number of aryl methyl sites for hydroxylation is 2. The smallest absolute Gasteiger partial charge is 0.255 e. The van der Waals surface area contributed by atoms with Gasteiger partial charge in [0.05, 0.1) is 5.56 Å². The maximum Gasteiger partial charge on any atom is 0.255 e. The van der Waals surface area contributed by atoms with Crippen molar-refractivity contribution in [2.24, 2.45) is 0 Å². The van der Waals surface area contributed by atoms with Crippen LogP contribution in [0, 0.1) is 13.8 Å². The van der Waals surface area contributed by atoms with Crippen LogP contribution in [0.2, 0.25) is 0 Å². The highest BCUT2D eigenvalue weighted by Crippen LogP contribution is 2.17. The molecule has 1 aromatic heterocycles. The highest BCUT2D eigenvalue weighted by molar-refractivity contribution is 5.95. The minimum absolute atomic E-state index is 0. The Morgan fingerprint density at radius 1 is 1.28 bits per heavy atom. The summed E-state index contributed by atoms with van der Waals surface area (Å²) >= 11 is 0. The maximum absolute atomic E-state index is 12.3. The van der Waals surface area contributed by atoms with Crippen LogP contribution in [0.15, 0.2) is 10.5 Å². The number of hydrogen-bond acceptors (Lipinski definition) is 4. The van der Waals surface area contributed by atoms with Crippen LogP contribution in [0.25, 0.3) is 0 Å². The minimum Gasteiger partial charge on any atom is -0.466 e. The van der Waals surface area contributed by atoms with Crippen LogP contribution < -0.4 is 10.6 Å². The molecule has 25 heavy (non-hydrogen) atoms. The molecule has 2 N–H and O–H groups in total. The molecule has 2 aliphatic rings. The first-order valence-electron chi connectivity index (χ1n) is 8.92. The summed E-state index contributed by atoms with van der Waals surface area (Å²) in [6.07, 6.45) is 4.49. The Kier molecular flexibility index (Phi) is 6.90. The Labute approximate surface area is 155 Å². The lowest BCUT2D eigenvalue weighted by Gasteiger charge is -2.33. The molecule has 0 spiro atoms. The van der Waals surface area contributed by atoms with Gasteiger partial charge in [0.25, 0.3) is 5.91 Å². The van der Waals surface area contributed by atoms with Gasteiger partial charge >= 0.3 is 0 Å². The van der Waals surface area contributed by atoms with Crippen LogP contribution in [-0.2, 0) is 4.79 Å². The van der Waals surface area contributed by atoms with Crippen molar-refractivity contribution in [2.45, 2.75) is 58.0 Å². The summed E-state index contributed by atoms with van der Waals surface area (Å²) in [5.41, 5.74) is 0.610. The van der Waals surface area contributed by atoms with Crippen molar-refractivity contribution in [3.05, 3.63) is 23.2 Å². The summed E-state index contributed by atoms with van der Waals surface area (Å²) in [5.74, 6) is 1.56. The number of nitrogens with one attached hydrogen (secondary N) is 2. The molecular weight excluding hydrogens is 342 g/mol. The third kappa shape index (κ3) is 4.98. The molecule has 6 nitrogen and oxygen atoms in total. The molecule has 1 unspecified atom stereocenters. The van der Waals surface area contributed by atoms with Crippen LogP contribution in [-0.4, -0.2) is 48.4 Å². The summed E-state index contributed by atoms with van der Waals surface area (Å²) in [6.45, 7) is 6.12. The van der Waals surface area contributed by atoms with E-state index in [1.54, 1.807) is 13.0 Å². The lowest BCUT2D eigenvalue weighted by Crippen LogP contribution is -2.47. The average Bonchev–Trinajstić information content (AvgIpc) is 3.17. The molecule has 2 aliphatic heterocycles. The second-order valence-corrected chi connectivity index (χ2v) is 6.95. The summed E-state index contributed by atoms with van der Waals surface area (Å²) in [6, 6.07) is 2.25. The number of likely N-dealkylation sites (tertiary alicyclic amines) is 1. The van der Waals surface area contributed by atoms with Gasteiger partial charge in [-0.1, -0.05) is 0 Å². The number of amides is 2. The van der Waals surface area contributed by atoms with E-state index in [0.717, 1.165) is 44.7 Å². The van der Waals surface area contributed by atoms with Gasteiger partial charge in [0, 0.05) is 31.6 Å². The van der Waals surface area contributed by atoms with Gasteiger partial charge < -0.3 is 20.0 Å². The Morgan fingerprint density at radius 3 is 2.56 bits per heavy atom. The average molecular weight is 370 g/mol. The van der Waals surface area contributed by atoms with Crippen molar-refractivity contribution in [3.8, 4) is 0 Å². The SMILES string of the molecule is Cc1cc(C(=O)NC2CCN(C(=O)CC3CCCN3)CC2)c(C)o1.Cl. The second kappa shape index (κ2) is 8.72. The van der Waals surface area contributed by atoms with Crippen LogP contribution in [0.4, 0.5) is 0 Å². The molecule has 0 saturated carbocycles. The standard InChI is InChI=1S/C18H27N3O3.ClH/c1-12-10-16(13(2)24-12)18(23)20-14-5-8-21(9-6-14)17(22)11-15-4-3-7-19-15;/h10,14-15,19H,3-9,11H2,1-2H3,(H,20,23);1H. The number of halogens is 1. The number of furan rings is 1. The van der Waals surface area contributed by atoms with Gasteiger partial charge in [0.1, 0.15) is 11.5 Å². The van der Waals surface area contributed by atoms with E-state index >= 15 is 0 Å². The first-order valence-corrected chi connectivity index (χ1v) is 8.92. The summed E-state index contributed by atoms with van der Waals surface area (Å²) < 4.78 is 5.42. The third-order valence-electron chi connectivity index (χ3n) is 5.05. The van der Waals surface area contributed by atoms with Crippen molar-refractivity contribution in [1.82, 2.24) is 15.5 Å². The zero-order valence-electron chi connectivity index (χ0n) is 15.0. The van der Waals surface area contributed by atoms with E-state index in [4.69, 9.17) is 4.42 Å². The van der Waals surface area contributed by atoms with Gasteiger partial charge in [-0.25, -0.2) is 0 Å². The van der Waals surface area contributed by atoms with Crippen LogP contribution in [0.3, 0.4) is 0 Å². The molecule has 0 bridgehead atoms. The zero-order chi connectivity index (χ0) is 17.1. The van der Waals surface area contributed by atoms with Crippen LogP contribution >= 0.6 is 12.4 Å². The van der Waals surface area contributed by atoms with E-state index in [9.17, 15) is 9.59 Å². The molecule has 3 heterocycles. The summed E-state index contributed by atoms with van der Waals surface area (Å²) in [7, 11) is 0. The molecule has 140 valence electrons. The number of piperidine rings is 1. The Hall–Kier alpha value is -1.53. The molecule has 0 aliphatic carbocycles. The monoisotopic (exact) mass is 369 g/mol. The maximum atomic E-state index is 12.3. The zero-order valence-corrected chi connectivity index (χ0v) is 15.8. The molecule has 1 atom stereocenters. The number of rotatable bonds is 4. The second-order valence-electron chi connectivity index (χ2n) is 6.95. The Balaban J connectivity index is 0.00000225. The van der Waals surface area contributed by atoms with Crippen molar-refractivity contribution in [1.29, 1.82) is 0 Å². The lowest BCUT2D eigenvalue weighted by atomic mass is 10.0. The van der Waals surface area contributed by atoms with Gasteiger partial charge in [-0.05, 0) is 52.1 Å². The lowest BCUT2D eigenvalue weighted by molar-refractivity contribution is -0.132. The summed E-state index contributed by atoms with van der Waals surface area (Å²) in [4.78, 5) is 26.6. The normalized spacial score (nSPS) is 21.0. The molecule has 2 amide bonds. The van der Waals surface area contributed by atoms with Gasteiger partial charge in [-0.15, -0.1) is 12.4 Å². The van der Waals surface area contributed by atoms with E-state index in [0.29, 0.717) is 23.8 Å². The van der Waals surface area contributed by atoms with Gasteiger partial charge in [-0.2, -0.15) is 0 Å².